The molecule has 2 N–H and O–H groups in total. The predicted molar refractivity (Wildman–Crippen MR) is 90.1 cm³/mol. The van der Waals surface area contributed by atoms with Crippen molar-refractivity contribution in [2.45, 2.75) is 12.5 Å². The Balaban J connectivity index is 0.00000192. The number of aromatic nitrogens is 2. The standard InChI is InChI=1S/C14H19N5O2S.ClH/c1-19-7-6-15-9-10(19)13-17-12(21-18-13)4-5-16-14(20)11-3-2-8-22-11;/h2-3,8,10,15H,4-7,9H2,1H3,(H,16,20);1H. The van der Waals surface area contributed by atoms with E-state index in [2.05, 4.69) is 32.7 Å². The van der Waals surface area contributed by atoms with Crippen LogP contribution in [0, 0.1) is 0 Å². The van der Waals surface area contributed by atoms with Gasteiger partial charge in [-0.15, -0.1) is 23.7 Å². The molecule has 1 fully saturated rings. The van der Waals surface area contributed by atoms with Gasteiger partial charge >= 0.3 is 0 Å². The summed E-state index contributed by atoms with van der Waals surface area (Å²) in [4.78, 5) is 19.2. The molecular weight excluding hydrogens is 338 g/mol. The number of hydrogen-bond acceptors (Lipinski definition) is 7. The lowest BCUT2D eigenvalue weighted by Gasteiger charge is -2.30. The maximum absolute atomic E-state index is 11.8. The fourth-order valence-electron chi connectivity index (χ4n) is 2.38. The van der Waals surface area contributed by atoms with E-state index in [1.807, 2.05) is 11.4 Å². The van der Waals surface area contributed by atoms with Gasteiger partial charge in [-0.25, -0.2) is 0 Å². The first-order chi connectivity index (χ1) is 10.7. The van der Waals surface area contributed by atoms with Gasteiger partial charge in [0, 0.05) is 32.6 Å². The van der Waals surface area contributed by atoms with Gasteiger partial charge in [-0.2, -0.15) is 4.98 Å². The molecule has 1 aliphatic heterocycles. The van der Waals surface area contributed by atoms with Crippen LogP contribution < -0.4 is 10.6 Å². The fourth-order valence-corrected chi connectivity index (χ4v) is 3.02. The molecule has 23 heavy (non-hydrogen) atoms. The maximum Gasteiger partial charge on any atom is 0.261 e. The minimum Gasteiger partial charge on any atom is -0.351 e. The summed E-state index contributed by atoms with van der Waals surface area (Å²) in [6.07, 6.45) is 0.536. The Morgan fingerprint density at radius 2 is 2.48 bits per heavy atom. The highest BCUT2D eigenvalue weighted by Crippen LogP contribution is 2.17. The highest BCUT2D eigenvalue weighted by Gasteiger charge is 2.25. The van der Waals surface area contributed by atoms with Gasteiger partial charge < -0.3 is 15.2 Å². The minimum absolute atomic E-state index is 0. The Labute approximate surface area is 144 Å². The van der Waals surface area contributed by atoms with E-state index in [-0.39, 0.29) is 24.4 Å². The van der Waals surface area contributed by atoms with Gasteiger partial charge in [-0.3, -0.25) is 9.69 Å². The van der Waals surface area contributed by atoms with E-state index in [0.29, 0.717) is 29.6 Å². The summed E-state index contributed by atoms with van der Waals surface area (Å²) in [7, 11) is 2.06. The first-order valence-electron chi connectivity index (χ1n) is 7.29. The van der Waals surface area contributed by atoms with Crippen molar-refractivity contribution in [2.75, 3.05) is 33.2 Å². The zero-order chi connectivity index (χ0) is 15.4. The van der Waals surface area contributed by atoms with Gasteiger partial charge in [0.25, 0.3) is 5.91 Å². The van der Waals surface area contributed by atoms with Crippen LogP contribution in [-0.2, 0) is 6.42 Å². The molecule has 0 aliphatic carbocycles. The summed E-state index contributed by atoms with van der Waals surface area (Å²) in [5.41, 5.74) is 0. The number of thiophene rings is 1. The van der Waals surface area contributed by atoms with Gasteiger partial charge in [-0.1, -0.05) is 11.2 Å². The van der Waals surface area contributed by atoms with Crippen LogP contribution in [0.15, 0.2) is 22.0 Å². The van der Waals surface area contributed by atoms with E-state index in [1.165, 1.54) is 11.3 Å². The van der Waals surface area contributed by atoms with Crippen LogP contribution in [0.5, 0.6) is 0 Å². The van der Waals surface area contributed by atoms with Crippen molar-refractivity contribution < 1.29 is 9.32 Å². The first kappa shape index (κ1) is 17.9. The third-order valence-electron chi connectivity index (χ3n) is 3.66. The van der Waals surface area contributed by atoms with Crippen molar-refractivity contribution >= 4 is 29.7 Å². The first-order valence-corrected chi connectivity index (χ1v) is 8.17. The van der Waals surface area contributed by atoms with E-state index in [0.717, 1.165) is 19.6 Å². The number of likely N-dealkylation sites (N-methyl/N-ethyl adjacent to an activating group) is 1. The third kappa shape index (κ3) is 4.51. The number of rotatable bonds is 5. The normalized spacial score (nSPS) is 18.4. The molecule has 0 saturated carbocycles. The Bertz CT molecular complexity index is 618. The largest absolute Gasteiger partial charge is 0.351 e. The molecule has 3 rings (SSSR count). The van der Waals surface area contributed by atoms with Crippen LogP contribution in [-0.4, -0.2) is 54.2 Å². The SMILES string of the molecule is CN1CCNCC1c1noc(CCNC(=O)c2cccs2)n1.Cl. The smallest absolute Gasteiger partial charge is 0.261 e. The van der Waals surface area contributed by atoms with Crippen LogP contribution in [0.3, 0.4) is 0 Å². The summed E-state index contributed by atoms with van der Waals surface area (Å²) < 4.78 is 5.27. The number of carbonyl (C=O) groups is 1. The number of carbonyl (C=O) groups excluding carboxylic acids is 1. The Hall–Kier alpha value is -1.48. The average molecular weight is 358 g/mol. The molecule has 1 atom stereocenters. The quantitative estimate of drug-likeness (QED) is 0.833. The van der Waals surface area contributed by atoms with Crippen molar-refractivity contribution in [1.82, 2.24) is 25.7 Å². The van der Waals surface area contributed by atoms with E-state index in [1.54, 1.807) is 6.07 Å². The summed E-state index contributed by atoms with van der Waals surface area (Å²) in [6.45, 7) is 3.25. The van der Waals surface area contributed by atoms with Gasteiger partial charge in [0.05, 0.1) is 10.9 Å². The lowest BCUT2D eigenvalue weighted by molar-refractivity contribution is 0.0957. The number of nitrogens with one attached hydrogen (secondary N) is 2. The fraction of sp³-hybridized carbons (Fsp3) is 0.500. The van der Waals surface area contributed by atoms with Crippen molar-refractivity contribution in [3.8, 4) is 0 Å². The number of halogens is 1. The molecule has 0 radical (unpaired) electrons. The second kappa shape index (κ2) is 8.39. The Kier molecular flexibility index (Phi) is 6.52. The molecule has 7 nitrogen and oxygen atoms in total. The van der Waals surface area contributed by atoms with Crippen molar-refractivity contribution in [3.05, 3.63) is 34.1 Å². The highest BCUT2D eigenvalue weighted by molar-refractivity contribution is 7.12. The minimum atomic E-state index is -0.0639. The molecular formula is C14H20ClN5O2S. The molecule has 0 bridgehead atoms. The molecule has 2 aromatic rings. The molecule has 0 aromatic carbocycles. The molecule has 9 heteroatoms. The van der Waals surface area contributed by atoms with Crippen LogP contribution >= 0.6 is 23.7 Å². The van der Waals surface area contributed by atoms with Crippen LogP contribution in [0.4, 0.5) is 0 Å². The van der Waals surface area contributed by atoms with E-state index >= 15 is 0 Å². The number of nitrogens with zero attached hydrogens (tertiary/aromatic N) is 3. The lowest BCUT2D eigenvalue weighted by Crippen LogP contribution is -2.44. The van der Waals surface area contributed by atoms with Crippen molar-refractivity contribution in [2.24, 2.45) is 0 Å². The summed E-state index contributed by atoms with van der Waals surface area (Å²) in [5, 5.41) is 12.1. The molecule has 1 amide bonds. The maximum atomic E-state index is 11.8. The molecule has 1 aliphatic rings. The van der Waals surface area contributed by atoms with Crippen molar-refractivity contribution in [1.29, 1.82) is 0 Å². The average Bonchev–Trinajstić information content (AvgIpc) is 3.19. The molecule has 0 spiro atoms. The van der Waals surface area contributed by atoms with Crippen LogP contribution in [0.2, 0.25) is 0 Å². The third-order valence-corrected chi connectivity index (χ3v) is 4.53. The number of hydrogen-bond donors (Lipinski definition) is 2. The summed E-state index contributed by atoms with van der Waals surface area (Å²) in [6, 6.07) is 3.81. The summed E-state index contributed by atoms with van der Waals surface area (Å²) in [5.74, 6) is 1.20. The van der Waals surface area contributed by atoms with E-state index < -0.39 is 0 Å². The molecule has 3 heterocycles. The van der Waals surface area contributed by atoms with Gasteiger partial charge in [0.15, 0.2) is 5.82 Å². The number of piperazine rings is 1. The second-order valence-electron chi connectivity index (χ2n) is 5.23. The molecule has 2 aromatic heterocycles. The summed E-state index contributed by atoms with van der Waals surface area (Å²) >= 11 is 1.42. The lowest BCUT2D eigenvalue weighted by atomic mass is 10.2. The number of amides is 1. The van der Waals surface area contributed by atoms with Gasteiger partial charge in [0.2, 0.25) is 5.89 Å². The Morgan fingerprint density at radius 1 is 1.61 bits per heavy atom. The molecule has 126 valence electrons. The molecule has 1 saturated heterocycles. The van der Waals surface area contributed by atoms with Gasteiger partial charge in [0.1, 0.15) is 0 Å². The van der Waals surface area contributed by atoms with Crippen LogP contribution in [0.25, 0.3) is 0 Å². The zero-order valence-electron chi connectivity index (χ0n) is 12.8. The monoisotopic (exact) mass is 357 g/mol. The van der Waals surface area contributed by atoms with E-state index in [4.69, 9.17) is 4.52 Å². The Morgan fingerprint density at radius 3 is 3.22 bits per heavy atom. The second-order valence-corrected chi connectivity index (χ2v) is 6.18. The van der Waals surface area contributed by atoms with Gasteiger partial charge in [-0.05, 0) is 18.5 Å². The van der Waals surface area contributed by atoms with Crippen molar-refractivity contribution in [3.63, 3.8) is 0 Å². The van der Waals surface area contributed by atoms with Crippen LogP contribution in [0.1, 0.15) is 27.4 Å². The van der Waals surface area contributed by atoms with E-state index in [9.17, 15) is 4.79 Å². The highest BCUT2D eigenvalue weighted by atomic mass is 35.5. The zero-order valence-corrected chi connectivity index (χ0v) is 14.5. The predicted octanol–water partition coefficient (Wildman–Crippen LogP) is 1.10. The molecule has 1 unspecified atom stereocenters. The topological polar surface area (TPSA) is 83.3 Å².